The Morgan fingerprint density at radius 1 is 0.963 bits per heavy atom. The van der Waals surface area contributed by atoms with E-state index < -0.39 is 24.0 Å². The fraction of sp³-hybridized carbons (Fsp3) is 0.474. The molecule has 146 valence electrons. The van der Waals surface area contributed by atoms with Gasteiger partial charge in [-0.15, -0.1) is 0 Å². The molecule has 1 fully saturated rings. The van der Waals surface area contributed by atoms with Crippen molar-refractivity contribution in [3.05, 3.63) is 29.8 Å². The molecule has 2 atom stereocenters. The summed E-state index contributed by atoms with van der Waals surface area (Å²) in [5.74, 6) is -2.08. The number of anilines is 1. The predicted octanol–water partition coefficient (Wildman–Crippen LogP) is 1.52. The second-order valence-corrected chi connectivity index (χ2v) is 6.81. The number of nitrogens with one attached hydrogen (secondary N) is 3. The van der Waals surface area contributed by atoms with Crippen LogP contribution in [0.4, 0.5) is 5.69 Å². The lowest BCUT2D eigenvalue weighted by Gasteiger charge is -2.17. The van der Waals surface area contributed by atoms with E-state index in [1.54, 1.807) is 19.1 Å². The molecular weight excluding hydrogens is 350 g/mol. The molecule has 27 heavy (non-hydrogen) atoms. The minimum atomic E-state index is -1.12. The fourth-order valence-electron chi connectivity index (χ4n) is 2.88. The van der Waals surface area contributed by atoms with Gasteiger partial charge in [0, 0.05) is 17.2 Å². The maximum atomic E-state index is 12.2. The van der Waals surface area contributed by atoms with Crippen molar-refractivity contribution in [1.29, 1.82) is 0 Å². The van der Waals surface area contributed by atoms with Gasteiger partial charge in [-0.1, -0.05) is 12.8 Å². The summed E-state index contributed by atoms with van der Waals surface area (Å²) in [4.78, 5) is 47.0. The van der Waals surface area contributed by atoms with Crippen LogP contribution in [0.2, 0.25) is 0 Å². The Labute approximate surface area is 157 Å². The highest BCUT2D eigenvalue weighted by Gasteiger charge is 2.25. The molecule has 0 aliphatic heterocycles. The number of carboxylic acids is 1. The predicted molar refractivity (Wildman–Crippen MR) is 99.2 cm³/mol. The molecule has 1 aromatic rings. The van der Waals surface area contributed by atoms with E-state index >= 15 is 0 Å². The third-order valence-electron chi connectivity index (χ3n) is 4.61. The van der Waals surface area contributed by atoms with E-state index in [-0.39, 0.29) is 23.3 Å². The summed E-state index contributed by atoms with van der Waals surface area (Å²) in [6.45, 7) is 2.99. The van der Waals surface area contributed by atoms with Crippen molar-refractivity contribution in [1.82, 2.24) is 10.6 Å². The number of carbonyl (C=O) groups excluding carboxylic acids is 3. The number of amides is 3. The lowest BCUT2D eigenvalue weighted by Crippen LogP contribution is -2.43. The van der Waals surface area contributed by atoms with Gasteiger partial charge in [0.05, 0.1) is 0 Å². The molecule has 1 aliphatic carbocycles. The summed E-state index contributed by atoms with van der Waals surface area (Å²) in [6, 6.07) is 4.40. The molecule has 1 aliphatic rings. The van der Waals surface area contributed by atoms with Gasteiger partial charge in [0.25, 0.3) is 5.91 Å². The average Bonchev–Trinajstić information content (AvgIpc) is 3.16. The quantitative estimate of drug-likeness (QED) is 0.575. The molecule has 0 bridgehead atoms. The van der Waals surface area contributed by atoms with Crippen molar-refractivity contribution in [2.75, 3.05) is 5.32 Å². The molecule has 0 saturated heterocycles. The number of hydrogen-bond acceptors (Lipinski definition) is 4. The first kappa shape index (κ1) is 20.4. The number of hydrogen-bond donors (Lipinski definition) is 4. The van der Waals surface area contributed by atoms with Gasteiger partial charge < -0.3 is 21.1 Å². The summed E-state index contributed by atoms with van der Waals surface area (Å²) in [6.07, 6.45) is 3.82. The molecule has 1 saturated carbocycles. The molecule has 1 aromatic carbocycles. The maximum absolute atomic E-state index is 12.2. The van der Waals surface area contributed by atoms with Crippen molar-refractivity contribution < 1.29 is 24.3 Å². The van der Waals surface area contributed by atoms with Gasteiger partial charge in [0.2, 0.25) is 11.8 Å². The van der Waals surface area contributed by atoms with Crippen LogP contribution in [0.1, 0.15) is 49.9 Å². The Balaban J connectivity index is 1.87. The zero-order chi connectivity index (χ0) is 20.0. The van der Waals surface area contributed by atoms with E-state index in [0.29, 0.717) is 5.69 Å². The first-order valence-corrected chi connectivity index (χ1v) is 9.03. The van der Waals surface area contributed by atoms with E-state index in [4.69, 9.17) is 5.11 Å². The monoisotopic (exact) mass is 375 g/mol. The Kier molecular flexibility index (Phi) is 6.92. The normalized spacial score (nSPS) is 16.2. The van der Waals surface area contributed by atoms with Gasteiger partial charge >= 0.3 is 5.97 Å². The van der Waals surface area contributed by atoms with Crippen molar-refractivity contribution in [2.24, 2.45) is 5.92 Å². The molecule has 8 nitrogen and oxygen atoms in total. The van der Waals surface area contributed by atoms with Crippen LogP contribution in [0.15, 0.2) is 24.3 Å². The lowest BCUT2D eigenvalue weighted by molar-refractivity contribution is -0.138. The average molecular weight is 375 g/mol. The van der Waals surface area contributed by atoms with Crippen LogP contribution >= 0.6 is 0 Å². The highest BCUT2D eigenvalue weighted by molar-refractivity contribution is 5.99. The standard InChI is InChI=1S/C19H25N3O5/c1-11(20-17(24)13-5-3-4-6-13)16(23)22-15-9-7-14(8-10-15)18(25)21-12(2)19(26)27/h7-13H,3-6H2,1-2H3,(H,20,24)(H,21,25)(H,22,23)(H,26,27). The van der Waals surface area contributed by atoms with E-state index in [1.807, 2.05) is 0 Å². The molecule has 0 aromatic heterocycles. The molecule has 0 heterocycles. The molecule has 8 heteroatoms. The van der Waals surface area contributed by atoms with Crippen LogP contribution in [-0.4, -0.2) is 40.9 Å². The van der Waals surface area contributed by atoms with E-state index in [2.05, 4.69) is 16.0 Å². The zero-order valence-electron chi connectivity index (χ0n) is 15.5. The molecule has 2 unspecified atom stereocenters. The fourth-order valence-corrected chi connectivity index (χ4v) is 2.88. The second-order valence-electron chi connectivity index (χ2n) is 6.81. The van der Waals surface area contributed by atoms with Crippen LogP contribution in [-0.2, 0) is 14.4 Å². The third-order valence-corrected chi connectivity index (χ3v) is 4.61. The van der Waals surface area contributed by atoms with Gasteiger partial charge in [-0.25, -0.2) is 0 Å². The van der Waals surface area contributed by atoms with E-state index in [9.17, 15) is 19.2 Å². The van der Waals surface area contributed by atoms with Crippen LogP contribution < -0.4 is 16.0 Å². The maximum Gasteiger partial charge on any atom is 0.325 e. The van der Waals surface area contributed by atoms with Gasteiger partial charge in [-0.05, 0) is 51.0 Å². The van der Waals surface area contributed by atoms with Gasteiger partial charge in [-0.3, -0.25) is 19.2 Å². The second kappa shape index (κ2) is 9.16. The molecular formula is C19H25N3O5. The van der Waals surface area contributed by atoms with Crippen molar-refractivity contribution in [2.45, 2.75) is 51.6 Å². The summed E-state index contributed by atoms with van der Waals surface area (Å²) in [5.41, 5.74) is 0.758. The third kappa shape index (κ3) is 5.80. The highest BCUT2D eigenvalue weighted by atomic mass is 16.4. The minimum Gasteiger partial charge on any atom is -0.480 e. The van der Waals surface area contributed by atoms with Gasteiger partial charge in [0.1, 0.15) is 12.1 Å². The summed E-state index contributed by atoms with van der Waals surface area (Å²) in [7, 11) is 0. The summed E-state index contributed by atoms with van der Waals surface area (Å²) < 4.78 is 0. The Bertz CT molecular complexity index is 711. The highest BCUT2D eigenvalue weighted by Crippen LogP contribution is 2.24. The van der Waals surface area contributed by atoms with Gasteiger partial charge in [0.15, 0.2) is 0 Å². The van der Waals surface area contributed by atoms with Gasteiger partial charge in [-0.2, -0.15) is 0 Å². The number of carbonyl (C=O) groups is 4. The topological polar surface area (TPSA) is 125 Å². The lowest BCUT2D eigenvalue weighted by atomic mass is 10.1. The molecule has 4 N–H and O–H groups in total. The van der Waals surface area contributed by atoms with Crippen LogP contribution in [0.25, 0.3) is 0 Å². The van der Waals surface area contributed by atoms with E-state index in [1.165, 1.54) is 19.1 Å². The zero-order valence-corrected chi connectivity index (χ0v) is 15.5. The molecule has 0 radical (unpaired) electrons. The Morgan fingerprint density at radius 2 is 1.56 bits per heavy atom. The first-order chi connectivity index (χ1) is 12.8. The molecule has 3 amide bonds. The number of rotatable bonds is 7. The smallest absolute Gasteiger partial charge is 0.325 e. The van der Waals surface area contributed by atoms with Crippen molar-refractivity contribution in [3.8, 4) is 0 Å². The molecule has 0 spiro atoms. The summed E-state index contributed by atoms with van der Waals surface area (Å²) in [5, 5.41) is 16.6. The number of aliphatic carboxylic acids is 1. The Morgan fingerprint density at radius 3 is 2.11 bits per heavy atom. The SMILES string of the molecule is CC(NC(=O)c1ccc(NC(=O)C(C)NC(=O)C2CCCC2)cc1)C(=O)O. The Hall–Kier alpha value is -2.90. The largest absolute Gasteiger partial charge is 0.480 e. The summed E-state index contributed by atoms with van der Waals surface area (Å²) >= 11 is 0. The van der Waals surface area contributed by atoms with Crippen LogP contribution in [0.3, 0.4) is 0 Å². The van der Waals surface area contributed by atoms with Crippen LogP contribution in [0.5, 0.6) is 0 Å². The van der Waals surface area contributed by atoms with Crippen molar-refractivity contribution in [3.63, 3.8) is 0 Å². The number of benzene rings is 1. The van der Waals surface area contributed by atoms with E-state index in [0.717, 1.165) is 25.7 Å². The molecule has 2 rings (SSSR count). The number of carboxylic acid groups (broad SMARTS) is 1. The minimum absolute atomic E-state index is 0.00811. The van der Waals surface area contributed by atoms with Crippen molar-refractivity contribution >= 4 is 29.4 Å². The van der Waals surface area contributed by atoms with Crippen LogP contribution in [0, 0.1) is 5.92 Å². The first-order valence-electron chi connectivity index (χ1n) is 9.03.